The average Bonchev–Trinajstić information content (AvgIpc) is 2.72. The molecule has 0 aliphatic heterocycles. The minimum absolute atomic E-state index is 0.0604. The molecule has 0 aromatic carbocycles. The normalized spacial score (nSPS) is 29.5. The van der Waals surface area contributed by atoms with Crippen LogP contribution >= 0.6 is 0 Å². The first kappa shape index (κ1) is 12.6. The average molecular weight is 235 g/mol. The van der Waals surface area contributed by atoms with Crippen LogP contribution in [-0.4, -0.2) is 15.1 Å². The molecule has 2 atom stereocenters. The minimum Gasteiger partial charge on any atom is -0.338 e. The minimum atomic E-state index is 0.0604. The van der Waals surface area contributed by atoms with Crippen LogP contribution in [0.2, 0.25) is 0 Å². The van der Waals surface area contributed by atoms with E-state index in [0.29, 0.717) is 0 Å². The van der Waals surface area contributed by atoms with E-state index in [0.717, 1.165) is 24.6 Å². The van der Waals surface area contributed by atoms with E-state index in [1.54, 1.807) is 0 Å². The van der Waals surface area contributed by atoms with E-state index < -0.39 is 0 Å². The van der Waals surface area contributed by atoms with Gasteiger partial charge in [0.25, 0.3) is 0 Å². The summed E-state index contributed by atoms with van der Waals surface area (Å²) in [6.07, 6.45) is 12.3. The Labute approximate surface area is 104 Å². The highest BCUT2D eigenvalue weighted by Crippen LogP contribution is 2.35. The van der Waals surface area contributed by atoms with Crippen LogP contribution in [-0.2, 0) is 13.5 Å². The molecule has 2 rings (SSSR count). The van der Waals surface area contributed by atoms with Gasteiger partial charge in [-0.2, -0.15) is 0 Å². The van der Waals surface area contributed by atoms with Crippen molar-refractivity contribution in [2.45, 2.75) is 57.4 Å². The Balaban J connectivity index is 1.91. The van der Waals surface area contributed by atoms with E-state index >= 15 is 0 Å². The van der Waals surface area contributed by atoms with Crippen molar-refractivity contribution in [1.29, 1.82) is 0 Å². The van der Waals surface area contributed by atoms with Crippen LogP contribution in [0.1, 0.15) is 51.3 Å². The van der Waals surface area contributed by atoms with Crippen molar-refractivity contribution in [3.05, 3.63) is 18.2 Å². The third kappa shape index (κ3) is 3.09. The monoisotopic (exact) mass is 235 g/mol. The molecule has 1 fully saturated rings. The lowest BCUT2D eigenvalue weighted by atomic mass is 9.73. The molecule has 1 aliphatic rings. The van der Waals surface area contributed by atoms with Gasteiger partial charge in [0.2, 0.25) is 0 Å². The van der Waals surface area contributed by atoms with Gasteiger partial charge in [0, 0.05) is 31.4 Å². The summed E-state index contributed by atoms with van der Waals surface area (Å²) in [6, 6.07) is 0. The van der Waals surface area contributed by atoms with E-state index in [4.69, 9.17) is 5.73 Å². The summed E-state index contributed by atoms with van der Waals surface area (Å²) in [5, 5.41) is 0. The van der Waals surface area contributed by atoms with Gasteiger partial charge in [-0.25, -0.2) is 4.98 Å². The largest absolute Gasteiger partial charge is 0.338 e. The highest BCUT2D eigenvalue weighted by molar-refractivity contribution is 4.97. The Hall–Kier alpha value is -0.830. The molecule has 96 valence electrons. The fourth-order valence-electron chi connectivity index (χ4n) is 3.10. The molecule has 0 saturated heterocycles. The zero-order valence-corrected chi connectivity index (χ0v) is 11.2. The van der Waals surface area contributed by atoms with Crippen LogP contribution < -0.4 is 5.73 Å². The molecule has 1 aromatic rings. The lowest BCUT2D eigenvalue weighted by Gasteiger charge is -2.38. The highest BCUT2D eigenvalue weighted by atomic mass is 15.0. The van der Waals surface area contributed by atoms with Crippen molar-refractivity contribution in [2.75, 3.05) is 0 Å². The molecule has 3 heteroatoms. The van der Waals surface area contributed by atoms with Gasteiger partial charge in [0.15, 0.2) is 0 Å². The van der Waals surface area contributed by atoms with Gasteiger partial charge in [-0.15, -0.1) is 0 Å². The lowest BCUT2D eigenvalue weighted by molar-refractivity contribution is 0.207. The molecule has 0 radical (unpaired) electrons. The summed E-state index contributed by atoms with van der Waals surface area (Å²) in [5.74, 6) is 2.00. The van der Waals surface area contributed by atoms with Crippen LogP contribution in [0.25, 0.3) is 0 Å². The van der Waals surface area contributed by atoms with E-state index in [1.807, 2.05) is 12.4 Å². The standard InChI is InChI=1S/C14H25N3/c1-3-12-5-4-7-14(15,11-12)8-6-13-16-9-10-17(13)2/h9-10,12H,3-8,11,15H2,1-2H3. The smallest absolute Gasteiger partial charge is 0.108 e. The van der Waals surface area contributed by atoms with Crippen LogP contribution in [0.15, 0.2) is 12.4 Å². The zero-order chi connectivity index (χ0) is 12.3. The Morgan fingerprint density at radius 1 is 1.59 bits per heavy atom. The van der Waals surface area contributed by atoms with Crippen LogP contribution in [0.4, 0.5) is 0 Å². The molecule has 0 amide bonds. The topological polar surface area (TPSA) is 43.8 Å². The number of hydrogen-bond acceptors (Lipinski definition) is 2. The molecular formula is C14H25N3. The van der Waals surface area contributed by atoms with E-state index in [9.17, 15) is 0 Å². The second-order valence-corrected chi connectivity index (χ2v) is 5.69. The second kappa shape index (κ2) is 5.21. The quantitative estimate of drug-likeness (QED) is 0.872. The van der Waals surface area contributed by atoms with Crippen LogP contribution in [0.5, 0.6) is 0 Å². The molecule has 1 aromatic heterocycles. The Kier molecular flexibility index (Phi) is 3.87. The van der Waals surface area contributed by atoms with Gasteiger partial charge in [-0.05, 0) is 25.2 Å². The van der Waals surface area contributed by atoms with Crippen molar-refractivity contribution in [1.82, 2.24) is 9.55 Å². The van der Waals surface area contributed by atoms with Gasteiger partial charge >= 0.3 is 0 Å². The number of aromatic nitrogens is 2. The molecule has 2 unspecified atom stereocenters. The highest BCUT2D eigenvalue weighted by Gasteiger charge is 2.31. The fourth-order valence-corrected chi connectivity index (χ4v) is 3.10. The van der Waals surface area contributed by atoms with Crippen LogP contribution in [0, 0.1) is 5.92 Å². The number of aryl methyl sites for hydroxylation is 2. The third-order valence-corrected chi connectivity index (χ3v) is 4.33. The lowest BCUT2D eigenvalue weighted by Crippen LogP contribution is -2.44. The van der Waals surface area contributed by atoms with Crippen molar-refractivity contribution in [2.24, 2.45) is 18.7 Å². The molecule has 1 aliphatic carbocycles. The SMILES string of the molecule is CCC1CCCC(N)(CCc2nccn2C)C1. The first-order valence-corrected chi connectivity index (χ1v) is 6.88. The number of hydrogen-bond donors (Lipinski definition) is 1. The van der Waals surface area contributed by atoms with Crippen molar-refractivity contribution < 1.29 is 0 Å². The summed E-state index contributed by atoms with van der Waals surface area (Å²) in [7, 11) is 2.06. The molecule has 0 bridgehead atoms. The summed E-state index contributed by atoms with van der Waals surface area (Å²) >= 11 is 0. The summed E-state index contributed by atoms with van der Waals surface area (Å²) < 4.78 is 2.10. The summed E-state index contributed by atoms with van der Waals surface area (Å²) in [6.45, 7) is 2.29. The number of imidazole rings is 1. The Bertz CT molecular complexity index is 358. The Morgan fingerprint density at radius 3 is 3.06 bits per heavy atom. The van der Waals surface area contributed by atoms with Gasteiger partial charge in [-0.3, -0.25) is 0 Å². The maximum atomic E-state index is 6.55. The maximum absolute atomic E-state index is 6.55. The van der Waals surface area contributed by atoms with E-state index in [1.165, 1.54) is 32.1 Å². The molecule has 1 saturated carbocycles. The predicted molar refractivity (Wildman–Crippen MR) is 70.7 cm³/mol. The molecule has 3 nitrogen and oxygen atoms in total. The van der Waals surface area contributed by atoms with Gasteiger partial charge in [0.1, 0.15) is 5.82 Å². The van der Waals surface area contributed by atoms with Gasteiger partial charge in [0.05, 0.1) is 0 Å². The van der Waals surface area contributed by atoms with E-state index in [2.05, 4.69) is 23.5 Å². The van der Waals surface area contributed by atoms with E-state index in [-0.39, 0.29) is 5.54 Å². The van der Waals surface area contributed by atoms with Crippen molar-refractivity contribution >= 4 is 0 Å². The number of nitrogens with zero attached hydrogens (tertiary/aromatic N) is 2. The fraction of sp³-hybridized carbons (Fsp3) is 0.786. The Morgan fingerprint density at radius 2 is 2.41 bits per heavy atom. The maximum Gasteiger partial charge on any atom is 0.108 e. The van der Waals surface area contributed by atoms with Gasteiger partial charge in [-0.1, -0.05) is 26.2 Å². The second-order valence-electron chi connectivity index (χ2n) is 5.69. The summed E-state index contributed by atoms with van der Waals surface area (Å²) in [4.78, 5) is 4.38. The molecule has 0 spiro atoms. The first-order chi connectivity index (χ1) is 8.13. The molecule has 2 N–H and O–H groups in total. The van der Waals surface area contributed by atoms with Crippen molar-refractivity contribution in [3.63, 3.8) is 0 Å². The number of rotatable bonds is 4. The van der Waals surface area contributed by atoms with Crippen LogP contribution in [0.3, 0.4) is 0 Å². The summed E-state index contributed by atoms with van der Waals surface area (Å²) in [5.41, 5.74) is 6.62. The molecule has 1 heterocycles. The first-order valence-electron chi connectivity index (χ1n) is 6.88. The number of nitrogens with two attached hydrogens (primary N) is 1. The third-order valence-electron chi connectivity index (χ3n) is 4.33. The van der Waals surface area contributed by atoms with Crippen molar-refractivity contribution in [3.8, 4) is 0 Å². The molecular weight excluding hydrogens is 210 g/mol. The predicted octanol–water partition coefficient (Wildman–Crippen LogP) is 2.65. The van der Waals surface area contributed by atoms with Gasteiger partial charge < -0.3 is 10.3 Å². The zero-order valence-electron chi connectivity index (χ0n) is 11.2. The molecule has 17 heavy (non-hydrogen) atoms.